The number of rotatable bonds is 5. The van der Waals surface area contributed by atoms with E-state index >= 15 is 0 Å². The van der Waals surface area contributed by atoms with Crippen molar-refractivity contribution < 1.29 is 9.18 Å². The Morgan fingerprint density at radius 1 is 1.23 bits per heavy atom. The third-order valence-electron chi connectivity index (χ3n) is 4.74. The Morgan fingerprint density at radius 2 is 1.95 bits per heavy atom. The summed E-state index contributed by atoms with van der Waals surface area (Å²) in [6, 6.07) is 8.95. The summed E-state index contributed by atoms with van der Waals surface area (Å²) in [6.07, 6.45) is 3.97. The van der Waals surface area contributed by atoms with E-state index in [9.17, 15) is 9.18 Å². The summed E-state index contributed by atoms with van der Waals surface area (Å²) in [4.78, 5) is 15.2. The molecule has 2 nitrogen and oxygen atoms in total. The van der Waals surface area contributed by atoms with Crippen LogP contribution in [0.15, 0.2) is 41.1 Å². The highest BCUT2D eigenvalue weighted by molar-refractivity contribution is 7.07. The number of hydrogen-bond donors (Lipinski definition) is 0. The summed E-state index contributed by atoms with van der Waals surface area (Å²) >= 11 is 1.67. The van der Waals surface area contributed by atoms with Gasteiger partial charge in [0.25, 0.3) is 0 Å². The molecule has 0 bridgehead atoms. The Kier molecular flexibility index (Phi) is 3.30. The average molecular weight is 315 g/mol. The van der Waals surface area contributed by atoms with Gasteiger partial charge in [-0.25, -0.2) is 4.39 Å². The number of hydrogen-bond acceptors (Lipinski definition) is 2. The second-order valence-electron chi connectivity index (χ2n) is 6.38. The molecule has 2 fully saturated rings. The predicted molar refractivity (Wildman–Crippen MR) is 85.2 cm³/mol. The Hall–Kier alpha value is -1.68. The van der Waals surface area contributed by atoms with Crippen molar-refractivity contribution in [3.8, 4) is 0 Å². The Balaban J connectivity index is 1.59. The van der Waals surface area contributed by atoms with E-state index in [1.807, 2.05) is 0 Å². The molecule has 2 saturated carbocycles. The van der Waals surface area contributed by atoms with Crippen LogP contribution in [0.3, 0.4) is 0 Å². The molecule has 0 saturated heterocycles. The van der Waals surface area contributed by atoms with Crippen molar-refractivity contribution in [2.24, 2.45) is 0 Å². The topological polar surface area (TPSA) is 20.3 Å². The van der Waals surface area contributed by atoms with E-state index in [1.54, 1.807) is 23.5 Å². The van der Waals surface area contributed by atoms with Gasteiger partial charge < -0.3 is 4.90 Å². The number of thiophene rings is 1. The summed E-state index contributed by atoms with van der Waals surface area (Å²) in [5.74, 6) is -0.0165. The molecule has 0 atom stereocenters. The Labute approximate surface area is 133 Å². The van der Waals surface area contributed by atoms with E-state index < -0.39 is 5.41 Å². The quantitative estimate of drug-likeness (QED) is 0.813. The second kappa shape index (κ2) is 5.20. The highest BCUT2D eigenvalue weighted by Crippen LogP contribution is 2.51. The maximum absolute atomic E-state index is 13.2. The van der Waals surface area contributed by atoms with Crippen LogP contribution in [0, 0.1) is 5.82 Å². The number of carbonyl (C=O) groups is 1. The zero-order valence-corrected chi connectivity index (χ0v) is 13.1. The average Bonchev–Trinajstić information content (AvgIpc) is 3.45. The molecule has 2 aromatic rings. The fourth-order valence-electron chi connectivity index (χ4n) is 3.13. The zero-order chi connectivity index (χ0) is 15.2. The molecule has 114 valence electrons. The third kappa shape index (κ3) is 2.45. The van der Waals surface area contributed by atoms with Crippen LogP contribution in [0.25, 0.3) is 0 Å². The van der Waals surface area contributed by atoms with Gasteiger partial charge in [0.15, 0.2) is 0 Å². The van der Waals surface area contributed by atoms with Gasteiger partial charge in [0.05, 0.1) is 5.41 Å². The molecule has 1 aromatic carbocycles. The van der Waals surface area contributed by atoms with Gasteiger partial charge in [0.2, 0.25) is 5.91 Å². The van der Waals surface area contributed by atoms with Gasteiger partial charge in [0, 0.05) is 12.6 Å². The van der Waals surface area contributed by atoms with Crippen LogP contribution in [-0.2, 0) is 16.8 Å². The zero-order valence-electron chi connectivity index (χ0n) is 12.3. The molecule has 0 spiro atoms. The molecule has 0 aliphatic heterocycles. The number of nitrogens with zero attached hydrogens (tertiary/aromatic N) is 1. The molecule has 2 aliphatic carbocycles. The van der Waals surface area contributed by atoms with Crippen molar-refractivity contribution in [3.63, 3.8) is 0 Å². The van der Waals surface area contributed by atoms with Crippen molar-refractivity contribution in [3.05, 3.63) is 58.0 Å². The van der Waals surface area contributed by atoms with E-state index in [1.165, 1.54) is 17.7 Å². The molecule has 1 heterocycles. The monoisotopic (exact) mass is 315 g/mol. The van der Waals surface area contributed by atoms with E-state index in [4.69, 9.17) is 0 Å². The molecule has 1 aromatic heterocycles. The lowest BCUT2D eigenvalue weighted by Crippen LogP contribution is -2.40. The van der Waals surface area contributed by atoms with Gasteiger partial charge in [0.1, 0.15) is 5.82 Å². The predicted octanol–water partition coefficient (Wildman–Crippen LogP) is 4.11. The Morgan fingerprint density at radius 3 is 2.50 bits per heavy atom. The Bertz CT molecular complexity index is 672. The van der Waals surface area contributed by atoms with Crippen LogP contribution in [0.1, 0.15) is 36.8 Å². The number of halogens is 1. The van der Waals surface area contributed by atoms with Gasteiger partial charge in [-0.15, -0.1) is 0 Å². The SMILES string of the molecule is O=C(N(Cc1ccsc1)C1CC1)C1(c2ccc(F)cc2)CC1. The van der Waals surface area contributed by atoms with E-state index in [-0.39, 0.29) is 11.7 Å². The minimum atomic E-state index is -0.397. The van der Waals surface area contributed by atoms with Crippen LogP contribution < -0.4 is 0 Å². The molecule has 0 unspecified atom stereocenters. The first-order valence-electron chi connectivity index (χ1n) is 7.77. The lowest BCUT2D eigenvalue weighted by atomic mass is 9.94. The number of amides is 1. The van der Waals surface area contributed by atoms with Crippen LogP contribution in [0.4, 0.5) is 4.39 Å². The van der Waals surface area contributed by atoms with Gasteiger partial charge in [-0.1, -0.05) is 12.1 Å². The first-order chi connectivity index (χ1) is 10.7. The maximum Gasteiger partial charge on any atom is 0.233 e. The summed E-state index contributed by atoms with van der Waals surface area (Å²) in [5, 5.41) is 4.16. The first kappa shape index (κ1) is 13.9. The molecule has 4 heteroatoms. The van der Waals surface area contributed by atoms with Crippen molar-refractivity contribution in [2.45, 2.75) is 43.7 Å². The summed E-state index contributed by atoms with van der Waals surface area (Å²) < 4.78 is 13.2. The lowest BCUT2D eigenvalue weighted by Gasteiger charge is -2.27. The van der Waals surface area contributed by atoms with Crippen molar-refractivity contribution in [2.75, 3.05) is 0 Å². The van der Waals surface area contributed by atoms with Crippen molar-refractivity contribution >= 4 is 17.2 Å². The highest BCUT2D eigenvalue weighted by atomic mass is 32.1. The van der Waals surface area contributed by atoms with Crippen molar-refractivity contribution in [1.29, 1.82) is 0 Å². The molecule has 2 aliphatic rings. The third-order valence-corrected chi connectivity index (χ3v) is 5.47. The number of benzene rings is 1. The standard InChI is InChI=1S/C18H18FNOS/c19-15-3-1-14(2-4-15)18(8-9-18)17(21)20(16-5-6-16)11-13-7-10-22-12-13/h1-4,7,10,12,16H,5-6,8-9,11H2. The normalized spacial score (nSPS) is 19.0. The van der Waals surface area contributed by atoms with Gasteiger partial charge in [-0.05, 0) is 65.8 Å². The van der Waals surface area contributed by atoms with Gasteiger partial charge in [-0.3, -0.25) is 4.79 Å². The number of carbonyl (C=O) groups excluding carboxylic acids is 1. The van der Waals surface area contributed by atoms with E-state index in [0.717, 1.165) is 31.2 Å². The summed E-state index contributed by atoms with van der Waals surface area (Å²) in [5.41, 5.74) is 1.78. The molecular weight excluding hydrogens is 297 g/mol. The fraction of sp³-hybridized carbons (Fsp3) is 0.389. The van der Waals surface area contributed by atoms with Gasteiger partial charge >= 0.3 is 0 Å². The smallest absolute Gasteiger partial charge is 0.233 e. The molecule has 1 amide bonds. The van der Waals surface area contributed by atoms with Crippen molar-refractivity contribution in [1.82, 2.24) is 4.90 Å². The molecule has 0 radical (unpaired) electrons. The van der Waals surface area contributed by atoms with Crippen LogP contribution in [-0.4, -0.2) is 16.8 Å². The fourth-order valence-corrected chi connectivity index (χ4v) is 3.79. The largest absolute Gasteiger partial charge is 0.335 e. The molecule has 4 rings (SSSR count). The molecule has 22 heavy (non-hydrogen) atoms. The lowest BCUT2D eigenvalue weighted by molar-refractivity contribution is -0.135. The summed E-state index contributed by atoms with van der Waals surface area (Å²) in [7, 11) is 0. The molecule has 0 N–H and O–H groups in total. The van der Waals surface area contributed by atoms with Gasteiger partial charge in [-0.2, -0.15) is 11.3 Å². The van der Waals surface area contributed by atoms with Crippen LogP contribution in [0.2, 0.25) is 0 Å². The van der Waals surface area contributed by atoms with E-state index in [2.05, 4.69) is 21.7 Å². The van der Waals surface area contributed by atoms with Crippen LogP contribution in [0.5, 0.6) is 0 Å². The first-order valence-corrected chi connectivity index (χ1v) is 8.71. The second-order valence-corrected chi connectivity index (χ2v) is 7.16. The van der Waals surface area contributed by atoms with E-state index in [0.29, 0.717) is 12.6 Å². The minimum Gasteiger partial charge on any atom is -0.335 e. The van der Waals surface area contributed by atoms with Crippen LogP contribution >= 0.6 is 11.3 Å². The minimum absolute atomic E-state index is 0.229. The molecular formula is C18H18FNOS. The maximum atomic E-state index is 13.2. The summed E-state index contributed by atoms with van der Waals surface area (Å²) in [6.45, 7) is 0.704. The highest BCUT2D eigenvalue weighted by Gasteiger charge is 2.54.